The van der Waals surface area contributed by atoms with Gasteiger partial charge in [-0.1, -0.05) is 51.4 Å². The molecule has 242 valence electrons. The van der Waals surface area contributed by atoms with Crippen LogP contribution in [0.4, 0.5) is 0 Å². The number of carbonyl (C=O) groups excluding carboxylic acids is 2. The Morgan fingerprint density at radius 3 is 1.26 bits per heavy atom. The van der Waals surface area contributed by atoms with Gasteiger partial charge in [-0.3, -0.25) is 9.59 Å². The molecule has 0 amide bonds. The largest absolute Gasteiger partial charge is 0.466 e. The average molecular weight is 589 g/mol. The van der Waals surface area contributed by atoms with Crippen molar-refractivity contribution in [3.63, 3.8) is 0 Å². The van der Waals surface area contributed by atoms with Crippen molar-refractivity contribution in [2.24, 2.45) is 22.7 Å². The zero-order chi connectivity index (χ0) is 29.5. The van der Waals surface area contributed by atoms with Crippen LogP contribution in [0, 0.1) is 22.7 Å². The molecule has 0 atom stereocenters. The molecular formula is C37H64O5. The summed E-state index contributed by atoms with van der Waals surface area (Å²) in [5.41, 5.74) is 0.979. The van der Waals surface area contributed by atoms with Gasteiger partial charge in [0.05, 0.1) is 19.3 Å². The van der Waals surface area contributed by atoms with E-state index in [-0.39, 0.29) is 18.0 Å². The molecule has 6 fully saturated rings. The van der Waals surface area contributed by atoms with Gasteiger partial charge in [0, 0.05) is 12.8 Å². The molecule has 0 aliphatic heterocycles. The van der Waals surface area contributed by atoms with E-state index in [1.807, 2.05) is 0 Å². The molecule has 0 radical (unpaired) electrons. The van der Waals surface area contributed by atoms with Crippen LogP contribution >= 0.6 is 0 Å². The summed E-state index contributed by atoms with van der Waals surface area (Å²) in [6.07, 6.45) is 32.0. The molecule has 5 nitrogen and oxygen atoms in total. The molecule has 6 aliphatic carbocycles. The predicted octanol–water partition coefficient (Wildman–Crippen LogP) is 9.62. The van der Waals surface area contributed by atoms with E-state index in [4.69, 9.17) is 9.47 Å². The van der Waals surface area contributed by atoms with Crippen LogP contribution in [-0.2, 0) is 19.1 Å². The lowest BCUT2D eigenvalue weighted by Gasteiger charge is -2.46. The van der Waals surface area contributed by atoms with Crippen LogP contribution in [0.2, 0.25) is 0 Å². The number of esters is 2. The molecule has 42 heavy (non-hydrogen) atoms. The topological polar surface area (TPSA) is 72.8 Å². The Morgan fingerprint density at radius 1 is 0.548 bits per heavy atom. The number of hydrogen-bond donors (Lipinski definition) is 1. The van der Waals surface area contributed by atoms with Crippen molar-refractivity contribution < 1.29 is 24.2 Å². The molecule has 0 saturated heterocycles. The highest BCUT2D eigenvalue weighted by atomic mass is 16.5. The first kappa shape index (κ1) is 33.8. The molecule has 0 aromatic carbocycles. The highest BCUT2D eigenvalue weighted by Gasteiger charge is 2.41. The van der Waals surface area contributed by atoms with Crippen LogP contribution < -0.4 is 0 Å². The Kier molecular flexibility index (Phi) is 14.5. The maximum atomic E-state index is 12.1. The first-order valence-corrected chi connectivity index (χ1v) is 18.5. The van der Waals surface area contributed by atoms with Crippen molar-refractivity contribution in [3.8, 4) is 0 Å². The average Bonchev–Trinajstić information content (AvgIpc) is 3.01. The first-order chi connectivity index (χ1) is 20.5. The van der Waals surface area contributed by atoms with E-state index in [1.165, 1.54) is 77.0 Å². The quantitative estimate of drug-likeness (QED) is 0.101. The van der Waals surface area contributed by atoms with Gasteiger partial charge in [0.25, 0.3) is 0 Å². The normalized spacial score (nSPS) is 29.0. The Hall–Kier alpha value is -1.10. The van der Waals surface area contributed by atoms with Gasteiger partial charge < -0.3 is 14.6 Å². The Morgan fingerprint density at radius 2 is 0.881 bits per heavy atom. The second-order valence-corrected chi connectivity index (χ2v) is 15.2. The standard InChI is InChI=1S/C37H64O5/c38-33(11-7-3-1-5-9-13-34(39)41-29-27-36-21-15-31(16-22-36)17-23-36)12-8-4-2-6-10-14-35(40)42-30-28-37-24-18-32(19-25-37)20-26-37/h31-33,38H,1-30H2. The number of aliphatic hydroxyl groups excluding tert-OH is 1. The van der Waals surface area contributed by atoms with Crippen molar-refractivity contribution >= 4 is 11.9 Å². The number of ether oxygens (including phenoxy) is 2. The maximum Gasteiger partial charge on any atom is 0.305 e. The third kappa shape index (κ3) is 11.8. The summed E-state index contributed by atoms with van der Waals surface area (Å²) < 4.78 is 11.2. The number of rotatable bonds is 22. The summed E-state index contributed by atoms with van der Waals surface area (Å²) >= 11 is 0. The van der Waals surface area contributed by atoms with Crippen molar-refractivity contribution in [1.29, 1.82) is 0 Å². The summed E-state index contributed by atoms with van der Waals surface area (Å²) in [5, 5.41) is 10.3. The van der Waals surface area contributed by atoms with Crippen molar-refractivity contribution in [2.75, 3.05) is 13.2 Å². The van der Waals surface area contributed by atoms with Gasteiger partial charge in [0.2, 0.25) is 0 Å². The van der Waals surface area contributed by atoms with Crippen LogP contribution in [0.3, 0.4) is 0 Å². The summed E-state index contributed by atoms with van der Waals surface area (Å²) in [5.74, 6) is 1.95. The number of unbranched alkanes of at least 4 members (excludes halogenated alkanes) is 8. The molecule has 6 rings (SSSR count). The molecule has 6 saturated carbocycles. The van der Waals surface area contributed by atoms with Crippen LogP contribution in [0.15, 0.2) is 0 Å². The highest BCUT2D eigenvalue weighted by molar-refractivity contribution is 5.69. The zero-order valence-corrected chi connectivity index (χ0v) is 27.0. The lowest BCUT2D eigenvalue weighted by molar-refractivity contribution is -0.146. The molecule has 0 heterocycles. The molecule has 0 aromatic rings. The van der Waals surface area contributed by atoms with Gasteiger partial charge in [0.1, 0.15) is 0 Å². The highest BCUT2D eigenvalue weighted by Crippen LogP contribution is 2.53. The zero-order valence-electron chi connectivity index (χ0n) is 27.0. The summed E-state index contributed by atoms with van der Waals surface area (Å²) in [7, 11) is 0. The number of carbonyl (C=O) groups is 2. The van der Waals surface area contributed by atoms with Crippen LogP contribution in [0.5, 0.6) is 0 Å². The fourth-order valence-electron chi connectivity index (χ4n) is 8.84. The number of fused-ring (bicyclic) bond motifs is 6. The smallest absolute Gasteiger partial charge is 0.305 e. The summed E-state index contributed by atoms with van der Waals surface area (Å²) in [6, 6.07) is 0. The van der Waals surface area contributed by atoms with Gasteiger partial charge in [-0.15, -0.1) is 0 Å². The monoisotopic (exact) mass is 588 g/mol. The van der Waals surface area contributed by atoms with Crippen molar-refractivity contribution in [2.45, 2.75) is 186 Å². The Labute approximate surface area is 257 Å². The SMILES string of the molecule is O=C(CCCCCCCC(O)CCCCCCCC(=O)OCCC12CCC(CC1)CC2)OCCC12CCC(CC1)CC2. The van der Waals surface area contributed by atoms with E-state index in [0.29, 0.717) is 36.9 Å². The van der Waals surface area contributed by atoms with Crippen LogP contribution in [0.25, 0.3) is 0 Å². The van der Waals surface area contributed by atoms with Crippen molar-refractivity contribution in [1.82, 2.24) is 0 Å². The minimum absolute atomic E-state index is 0.0117. The fraction of sp³-hybridized carbons (Fsp3) is 0.946. The summed E-state index contributed by atoms with van der Waals surface area (Å²) in [6.45, 7) is 1.24. The van der Waals surface area contributed by atoms with Gasteiger partial charge in [-0.2, -0.15) is 0 Å². The maximum absolute atomic E-state index is 12.1. The van der Waals surface area contributed by atoms with Crippen molar-refractivity contribution in [3.05, 3.63) is 0 Å². The van der Waals surface area contributed by atoms with E-state index in [1.54, 1.807) is 0 Å². The van der Waals surface area contributed by atoms with Gasteiger partial charge >= 0.3 is 11.9 Å². The molecular weight excluding hydrogens is 524 g/mol. The van der Waals surface area contributed by atoms with Gasteiger partial charge in [-0.25, -0.2) is 0 Å². The number of hydrogen-bond acceptors (Lipinski definition) is 5. The predicted molar refractivity (Wildman–Crippen MR) is 169 cm³/mol. The van der Waals surface area contributed by atoms with Gasteiger partial charge in [-0.05, 0) is 138 Å². The molecule has 1 N–H and O–H groups in total. The second kappa shape index (κ2) is 18.0. The first-order valence-electron chi connectivity index (χ1n) is 18.5. The number of aliphatic hydroxyl groups is 1. The third-order valence-corrected chi connectivity index (χ3v) is 12.1. The second-order valence-electron chi connectivity index (χ2n) is 15.2. The molecule has 0 spiro atoms. The van der Waals surface area contributed by atoms with E-state index in [0.717, 1.165) is 102 Å². The Balaban J connectivity index is 0.861. The van der Waals surface area contributed by atoms with Crippen LogP contribution in [-0.4, -0.2) is 36.4 Å². The molecule has 0 aromatic heterocycles. The van der Waals surface area contributed by atoms with E-state index >= 15 is 0 Å². The minimum Gasteiger partial charge on any atom is -0.466 e. The molecule has 4 bridgehead atoms. The lowest BCUT2D eigenvalue weighted by Crippen LogP contribution is -2.35. The van der Waals surface area contributed by atoms with Crippen LogP contribution in [0.1, 0.15) is 180 Å². The third-order valence-electron chi connectivity index (χ3n) is 12.1. The molecule has 5 heteroatoms. The minimum atomic E-state index is -0.188. The molecule has 6 aliphatic rings. The van der Waals surface area contributed by atoms with E-state index in [9.17, 15) is 14.7 Å². The fourth-order valence-corrected chi connectivity index (χ4v) is 8.84. The lowest BCUT2D eigenvalue weighted by atomic mass is 9.59. The Bertz CT molecular complexity index is 685. The summed E-state index contributed by atoms with van der Waals surface area (Å²) in [4.78, 5) is 24.2. The van der Waals surface area contributed by atoms with E-state index < -0.39 is 0 Å². The van der Waals surface area contributed by atoms with Gasteiger partial charge in [0.15, 0.2) is 0 Å². The van der Waals surface area contributed by atoms with E-state index in [2.05, 4.69) is 0 Å². The molecule has 0 unspecified atom stereocenters.